The molecule has 0 aliphatic heterocycles. The number of nitrogen functional groups attached to an aromatic ring is 1. The summed E-state index contributed by atoms with van der Waals surface area (Å²) < 4.78 is 5.28. The highest BCUT2D eigenvalue weighted by Crippen LogP contribution is 2.22. The largest absolute Gasteiger partial charge is 0.389 e. The van der Waals surface area contributed by atoms with E-state index in [1.165, 1.54) is 11.3 Å². The highest BCUT2D eigenvalue weighted by molar-refractivity contribution is 7.13. The van der Waals surface area contributed by atoms with E-state index in [0.717, 1.165) is 17.1 Å². The molecular formula is C8H14N2OS. The number of anilines is 1. The molecule has 1 rings (SSSR count). The zero-order chi connectivity index (χ0) is 9.19. The molecule has 0 aliphatic rings. The lowest BCUT2D eigenvalue weighted by molar-refractivity contribution is 0.0226. The standard InChI is InChI=1S/C8H14N2OS/c1-8(2,11-3)4-6-7(9)12-5-10-6/h5H,4,9H2,1-3H3. The van der Waals surface area contributed by atoms with Gasteiger partial charge in [-0.1, -0.05) is 0 Å². The van der Waals surface area contributed by atoms with Gasteiger partial charge >= 0.3 is 0 Å². The van der Waals surface area contributed by atoms with Gasteiger partial charge in [0.25, 0.3) is 0 Å². The Morgan fingerprint density at radius 2 is 2.33 bits per heavy atom. The maximum Gasteiger partial charge on any atom is 0.109 e. The third kappa shape index (κ3) is 2.19. The summed E-state index contributed by atoms with van der Waals surface area (Å²) in [6, 6.07) is 0. The first-order chi connectivity index (χ1) is 5.55. The van der Waals surface area contributed by atoms with Gasteiger partial charge in [0, 0.05) is 13.5 Å². The second-order valence-electron chi connectivity index (χ2n) is 3.30. The number of hydrogen-bond donors (Lipinski definition) is 1. The number of ether oxygens (including phenoxy) is 1. The molecule has 0 saturated carbocycles. The third-order valence-electron chi connectivity index (χ3n) is 1.82. The lowest BCUT2D eigenvalue weighted by Gasteiger charge is -2.21. The van der Waals surface area contributed by atoms with Crippen LogP contribution in [0.15, 0.2) is 5.51 Å². The van der Waals surface area contributed by atoms with Gasteiger partial charge in [-0.3, -0.25) is 0 Å². The van der Waals surface area contributed by atoms with Crippen LogP contribution < -0.4 is 5.73 Å². The van der Waals surface area contributed by atoms with Gasteiger partial charge in [0.2, 0.25) is 0 Å². The monoisotopic (exact) mass is 186 g/mol. The van der Waals surface area contributed by atoms with Crippen LogP contribution in [0.1, 0.15) is 19.5 Å². The lowest BCUT2D eigenvalue weighted by atomic mass is 10.0. The molecule has 12 heavy (non-hydrogen) atoms. The Kier molecular flexibility index (Phi) is 2.69. The molecule has 1 heterocycles. The zero-order valence-corrected chi connectivity index (χ0v) is 8.44. The molecule has 1 aromatic heterocycles. The molecule has 0 radical (unpaired) electrons. The summed E-state index contributed by atoms with van der Waals surface area (Å²) in [5.41, 5.74) is 8.22. The number of nitrogens with zero attached hydrogens (tertiary/aromatic N) is 1. The summed E-state index contributed by atoms with van der Waals surface area (Å²) in [7, 11) is 1.70. The van der Waals surface area contributed by atoms with Crippen molar-refractivity contribution in [3.05, 3.63) is 11.2 Å². The van der Waals surface area contributed by atoms with Crippen LogP contribution in [0, 0.1) is 0 Å². The van der Waals surface area contributed by atoms with E-state index in [2.05, 4.69) is 4.98 Å². The second-order valence-corrected chi connectivity index (χ2v) is 4.19. The van der Waals surface area contributed by atoms with Crippen LogP contribution in [0.25, 0.3) is 0 Å². The number of rotatable bonds is 3. The molecule has 0 atom stereocenters. The van der Waals surface area contributed by atoms with Gasteiger partial charge in [0.1, 0.15) is 5.00 Å². The van der Waals surface area contributed by atoms with Crippen LogP contribution in [0.2, 0.25) is 0 Å². The second kappa shape index (κ2) is 3.41. The molecule has 3 nitrogen and oxygen atoms in total. The Morgan fingerprint density at radius 1 is 1.67 bits per heavy atom. The van der Waals surface area contributed by atoms with Gasteiger partial charge in [-0.2, -0.15) is 0 Å². The summed E-state index contributed by atoms with van der Waals surface area (Å²) in [6.45, 7) is 4.04. The third-order valence-corrected chi connectivity index (χ3v) is 2.52. The first-order valence-corrected chi connectivity index (χ1v) is 4.66. The van der Waals surface area contributed by atoms with Gasteiger partial charge in [0.15, 0.2) is 0 Å². The number of thiazole rings is 1. The van der Waals surface area contributed by atoms with E-state index in [1.807, 2.05) is 13.8 Å². The summed E-state index contributed by atoms with van der Waals surface area (Å²) in [6.07, 6.45) is 0.763. The fourth-order valence-corrected chi connectivity index (χ4v) is 1.44. The van der Waals surface area contributed by atoms with Crippen molar-refractivity contribution in [2.45, 2.75) is 25.9 Å². The summed E-state index contributed by atoms with van der Waals surface area (Å²) in [4.78, 5) is 4.16. The Balaban J connectivity index is 2.70. The minimum absolute atomic E-state index is 0.178. The minimum Gasteiger partial charge on any atom is -0.389 e. The maximum atomic E-state index is 5.70. The summed E-state index contributed by atoms with van der Waals surface area (Å²) in [5.74, 6) is 0. The maximum absolute atomic E-state index is 5.70. The van der Waals surface area contributed by atoms with Crippen molar-refractivity contribution in [2.24, 2.45) is 0 Å². The number of methoxy groups -OCH3 is 1. The molecule has 2 N–H and O–H groups in total. The molecule has 0 unspecified atom stereocenters. The first kappa shape index (κ1) is 9.48. The molecular weight excluding hydrogens is 172 g/mol. The van der Waals surface area contributed by atoms with E-state index in [9.17, 15) is 0 Å². The predicted octanol–water partition coefficient (Wildman–Crippen LogP) is 1.69. The summed E-state index contributed by atoms with van der Waals surface area (Å²) in [5, 5.41) is 0.792. The smallest absolute Gasteiger partial charge is 0.109 e. The number of aromatic nitrogens is 1. The van der Waals surface area contributed by atoms with Crippen molar-refractivity contribution >= 4 is 16.3 Å². The van der Waals surface area contributed by atoms with Crippen molar-refractivity contribution in [1.29, 1.82) is 0 Å². The Morgan fingerprint density at radius 3 is 2.75 bits per heavy atom. The average molecular weight is 186 g/mol. The lowest BCUT2D eigenvalue weighted by Crippen LogP contribution is -2.26. The van der Waals surface area contributed by atoms with Crippen molar-refractivity contribution in [1.82, 2.24) is 4.98 Å². The fraction of sp³-hybridized carbons (Fsp3) is 0.625. The molecule has 0 saturated heterocycles. The molecule has 0 spiro atoms. The Hall–Kier alpha value is -0.610. The van der Waals surface area contributed by atoms with Crippen LogP contribution >= 0.6 is 11.3 Å². The number of hydrogen-bond acceptors (Lipinski definition) is 4. The van der Waals surface area contributed by atoms with Crippen molar-refractivity contribution in [3.63, 3.8) is 0 Å². The van der Waals surface area contributed by atoms with E-state index in [1.54, 1.807) is 12.6 Å². The highest BCUT2D eigenvalue weighted by Gasteiger charge is 2.19. The molecule has 1 aromatic rings. The van der Waals surface area contributed by atoms with Crippen molar-refractivity contribution in [2.75, 3.05) is 12.8 Å². The molecule has 0 bridgehead atoms. The molecule has 0 aromatic carbocycles. The zero-order valence-electron chi connectivity index (χ0n) is 7.63. The Labute approximate surface area is 76.6 Å². The molecule has 0 amide bonds. The SMILES string of the molecule is COC(C)(C)Cc1ncsc1N. The van der Waals surface area contributed by atoms with E-state index in [-0.39, 0.29) is 5.60 Å². The van der Waals surface area contributed by atoms with Crippen LogP contribution in [-0.2, 0) is 11.2 Å². The van der Waals surface area contributed by atoms with Crippen LogP contribution in [0.4, 0.5) is 5.00 Å². The normalized spacial score (nSPS) is 11.9. The molecule has 4 heteroatoms. The van der Waals surface area contributed by atoms with Crippen LogP contribution in [0.3, 0.4) is 0 Å². The van der Waals surface area contributed by atoms with Crippen LogP contribution in [-0.4, -0.2) is 17.7 Å². The quantitative estimate of drug-likeness (QED) is 0.781. The van der Waals surface area contributed by atoms with Gasteiger partial charge < -0.3 is 10.5 Å². The molecule has 0 fully saturated rings. The first-order valence-electron chi connectivity index (χ1n) is 3.78. The topological polar surface area (TPSA) is 48.1 Å². The van der Waals surface area contributed by atoms with Gasteiger partial charge in [0.05, 0.1) is 16.8 Å². The van der Waals surface area contributed by atoms with Crippen molar-refractivity contribution in [3.8, 4) is 0 Å². The van der Waals surface area contributed by atoms with Gasteiger partial charge in [-0.05, 0) is 13.8 Å². The Bertz CT molecular complexity index is 257. The highest BCUT2D eigenvalue weighted by atomic mass is 32.1. The predicted molar refractivity (Wildman–Crippen MR) is 51.3 cm³/mol. The summed E-state index contributed by atoms with van der Waals surface area (Å²) >= 11 is 1.47. The van der Waals surface area contributed by atoms with Crippen LogP contribution in [0.5, 0.6) is 0 Å². The van der Waals surface area contributed by atoms with E-state index >= 15 is 0 Å². The molecule has 0 aliphatic carbocycles. The number of nitrogens with two attached hydrogens (primary N) is 1. The molecule has 68 valence electrons. The van der Waals surface area contributed by atoms with E-state index in [4.69, 9.17) is 10.5 Å². The minimum atomic E-state index is -0.178. The van der Waals surface area contributed by atoms with E-state index in [0.29, 0.717) is 0 Å². The van der Waals surface area contributed by atoms with Gasteiger partial charge in [-0.25, -0.2) is 4.98 Å². The van der Waals surface area contributed by atoms with Gasteiger partial charge in [-0.15, -0.1) is 11.3 Å². The average Bonchev–Trinajstić information content (AvgIpc) is 2.36. The van der Waals surface area contributed by atoms with E-state index < -0.39 is 0 Å². The fourth-order valence-electron chi connectivity index (χ4n) is 0.887. The van der Waals surface area contributed by atoms with Crippen molar-refractivity contribution < 1.29 is 4.74 Å².